The summed E-state index contributed by atoms with van der Waals surface area (Å²) in [6, 6.07) is 8.18. The van der Waals surface area contributed by atoms with E-state index in [-0.39, 0.29) is 5.97 Å². The van der Waals surface area contributed by atoms with E-state index in [4.69, 9.17) is 4.74 Å². The number of hydrogen-bond donors (Lipinski definition) is 0. The van der Waals surface area contributed by atoms with Gasteiger partial charge in [-0.1, -0.05) is 44.2 Å². The highest BCUT2D eigenvalue weighted by Crippen LogP contribution is 2.19. The molecule has 0 bridgehead atoms. The second kappa shape index (κ2) is 7.70. The first-order chi connectivity index (χ1) is 8.71. The van der Waals surface area contributed by atoms with Gasteiger partial charge < -0.3 is 4.74 Å². The summed E-state index contributed by atoms with van der Waals surface area (Å²) in [5, 5.41) is 0. The van der Waals surface area contributed by atoms with Gasteiger partial charge in [0.05, 0.1) is 13.0 Å². The van der Waals surface area contributed by atoms with Crippen molar-refractivity contribution in [2.45, 2.75) is 40.0 Å². The second-order valence-corrected chi connectivity index (χ2v) is 4.17. The third kappa shape index (κ3) is 4.36. The summed E-state index contributed by atoms with van der Waals surface area (Å²) >= 11 is 0. The van der Waals surface area contributed by atoms with E-state index in [1.807, 2.05) is 19.1 Å². The molecular weight excluding hydrogens is 224 g/mol. The molecule has 1 rings (SSSR count). The van der Waals surface area contributed by atoms with Gasteiger partial charge in [0.15, 0.2) is 0 Å². The molecule has 0 aliphatic carbocycles. The first kappa shape index (κ1) is 14.5. The minimum atomic E-state index is -0.162. The molecule has 2 heteroatoms. The minimum Gasteiger partial charge on any atom is -0.466 e. The normalized spacial score (nSPS) is 11.4. The number of benzene rings is 1. The van der Waals surface area contributed by atoms with Crippen LogP contribution in [-0.2, 0) is 16.0 Å². The quantitative estimate of drug-likeness (QED) is 0.709. The second-order valence-electron chi connectivity index (χ2n) is 4.17. The van der Waals surface area contributed by atoms with Crippen LogP contribution < -0.4 is 0 Å². The monoisotopic (exact) mass is 246 g/mol. The van der Waals surface area contributed by atoms with Gasteiger partial charge in [-0.25, -0.2) is 0 Å². The number of rotatable bonds is 6. The Bertz CT molecular complexity index is 402. The van der Waals surface area contributed by atoms with E-state index in [2.05, 4.69) is 32.1 Å². The zero-order valence-electron chi connectivity index (χ0n) is 11.5. The Morgan fingerprint density at radius 3 is 2.33 bits per heavy atom. The van der Waals surface area contributed by atoms with Crippen molar-refractivity contribution in [3.8, 4) is 0 Å². The van der Waals surface area contributed by atoms with Gasteiger partial charge in [0.25, 0.3) is 0 Å². The Balaban J connectivity index is 2.73. The SMILES string of the molecule is CC/C=C(\CC)c1ccc(CC(=O)OCC)cc1. The predicted molar refractivity (Wildman–Crippen MR) is 75.3 cm³/mol. The van der Waals surface area contributed by atoms with Crippen molar-refractivity contribution in [2.24, 2.45) is 0 Å². The van der Waals surface area contributed by atoms with Crippen LogP contribution in [-0.4, -0.2) is 12.6 Å². The Kier molecular flexibility index (Phi) is 6.20. The maximum absolute atomic E-state index is 11.4. The van der Waals surface area contributed by atoms with E-state index >= 15 is 0 Å². The lowest BCUT2D eigenvalue weighted by Gasteiger charge is -2.07. The van der Waals surface area contributed by atoms with E-state index in [1.165, 1.54) is 11.1 Å². The lowest BCUT2D eigenvalue weighted by molar-refractivity contribution is -0.142. The molecule has 0 aliphatic rings. The summed E-state index contributed by atoms with van der Waals surface area (Å²) in [6.07, 6.45) is 4.69. The number of esters is 1. The molecule has 0 aromatic heterocycles. The van der Waals surface area contributed by atoms with Crippen LogP contribution in [0.5, 0.6) is 0 Å². The first-order valence-electron chi connectivity index (χ1n) is 6.65. The fourth-order valence-corrected chi connectivity index (χ4v) is 1.93. The molecule has 2 nitrogen and oxygen atoms in total. The highest BCUT2D eigenvalue weighted by atomic mass is 16.5. The maximum atomic E-state index is 11.4. The predicted octanol–water partition coefficient (Wildman–Crippen LogP) is 4.00. The van der Waals surface area contributed by atoms with E-state index < -0.39 is 0 Å². The smallest absolute Gasteiger partial charge is 0.310 e. The molecule has 1 aromatic rings. The van der Waals surface area contributed by atoms with Gasteiger partial charge in [0.2, 0.25) is 0 Å². The topological polar surface area (TPSA) is 26.3 Å². The van der Waals surface area contributed by atoms with Crippen LogP contribution >= 0.6 is 0 Å². The van der Waals surface area contributed by atoms with Crippen LogP contribution in [0.2, 0.25) is 0 Å². The molecule has 0 amide bonds. The lowest BCUT2D eigenvalue weighted by atomic mass is 10.0. The van der Waals surface area contributed by atoms with Crippen molar-refractivity contribution in [3.05, 3.63) is 41.5 Å². The van der Waals surface area contributed by atoms with Crippen LogP contribution in [0.15, 0.2) is 30.3 Å². The molecule has 0 saturated carbocycles. The lowest BCUT2D eigenvalue weighted by Crippen LogP contribution is -2.07. The molecule has 0 saturated heterocycles. The summed E-state index contributed by atoms with van der Waals surface area (Å²) in [7, 11) is 0. The van der Waals surface area contributed by atoms with Gasteiger partial charge in [-0.05, 0) is 36.5 Å². The third-order valence-electron chi connectivity index (χ3n) is 2.81. The zero-order valence-corrected chi connectivity index (χ0v) is 11.5. The van der Waals surface area contributed by atoms with Crippen molar-refractivity contribution in [1.29, 1.82) is 0 Å². The van der Waals surface area contributed by atoms with E-state index in [0.29, 0.717) is 13.0 Å². The summed E-state index contributed by atoms with van der Waals surface area (Å²) < 4.78 is 4.93. The Morgan fingerprint density at radius 1 is 1.17 bits per heavy atom. The third-order valence-corrected chi connectivity index (χ3v) is 2.81. The van der Waals surface area contributed by atoms with E-state index in [1.54, 1.807) is 0 Å². The number of allylic oxidation sites excluding steroid dienone is 2. The van der Waals surface area contributed by atoms with Crippen LogP contribution in [0.4, 0.5) is 0 Å². The molecule has 0 radical (unpaired) electrons. The van der Waals surface area contributed by atoms with Gasteiger partial charge in [0.1, 0.15) is 0 Å². The van der Waals surface area contributed by atoms with Gasteiger partial charge >= 0.3 is 5.97 Å². The molecule has 0 fully saturated rings. The Labute approximate surface area is 110 Å². The minimum absolute atomic E-state index is 0.162. The van der Waals surface area contributed by atoms with Crippen LogP contribution in [0.3, 0.4) is 0 Å². The standard InChI is InChI=1S/C16H22O2/c1-4-7-14(5-2)15-10-8-13(9-11-15)12-16(17)18-6-3/h7-11H,4-6,12H2,1-3H3/b14-7+. The molecule has 0 N–H and O–H groups in total. The van der Waals surface area contributed by atoms with Crippen LogP contribution in [0.1, 0.15) is 44.7 Å². The summed E-state index contributed by atoms with van der Waals surface area (Å²) in [6.45, 7) is 6.57. The Hall–Kier alpha value is -1.57. The van der Waals surface area contributed by atoms with Crippen LogP contribution in [0, 0.1) is 0 Å². The summed E-state index contributed by atoms with van der Waals surface area (Å²) in [4.78, 5) is 11.4. The van der Waals surface area contributed by atoms with Crippen molar-refractivity contribution in [2.75, 3.05) is 6.61 Å². The molecule has 0 spiro atoms. The van der Waals surface area contributed by atoms with Crippen molar-refractivity contribution in [1.82, 2.24) is 0 Å². The van der Waals surface area contributed by atoms with Gasteiger partial charge in [0, 0.05) is 0 Å². The average Bonchev–Trinajstić information content (AvgIpc) is 2.37. The molecule has 0 aliphatic heterocycles. The molecule has 18 heavy (non-hydrogen) atoms. The van der Waals surface area contributed by atoms with Gasteiger partial charge in [-0.15, -0.1) is 0 Å². The maximum Gasteiger partial charge on any atom is 0.310 e. The number of hydrogen-bond acceptors (Lipinski definition) is 2. The fraction of sp³-hybridized carbons (Fsp3) is 0.438. The number of ether oxygens (including phenoxy) is 1. The van der Waals surface area contributed by atoms with Crippen molar-refractivity contribution >= 4 is 11.5 Å². The number of carbonyl (C=O) groups excluding carboxylic acids is 1. The van der Waals surface area contributed by atoms with Gasteiger partial charge in [-0.3, -0.25) is 4.79 Å². The molecular formula is C16H22O2. The van der Waals surface area contributed by atoms with E-state index in [0.717, 1.165) is 18.4 Å². The highest BCUT2D eigenvalue weighted by Gasteiger charge is 2.04. The van der Waals surface area contributed by atoms with Crippen molar-refractivity contribution in [3.63, 3.8) is 0 Å². The van der Waals surface area contributed by atoms with Crippen LogP contribution in [0.25, 0.3) is 5.57 Å². The molecule has 0 atom stereocenters. The molecule has 1 aromatic carbocycles. The number of carbonyl (C=O) groups is 1. The average molecular weight is 246 g/mol. The van der Waals surface area contributed by atoms with Gasteiger partial charge in [-0.2, -0.15) is 0 Å². The van der Waals surface area contributed by atoms with E-state index in [9.17, 15) is 4.79 Å². The summed E-state index contributed by atoms with van der Waals surface area (Å²) in [5.41, 5.74) is 3.61. The largest absolute Gasteiger partial charge is 0.466 e. The van der Waals surface area contributed by atoms with Crippen molar-refractivity contribution < 1.29 is 9.53 Å². The zero-order chi connectivity index (χ0) is 13.4. The fourth-order valence-electron chi connectivity index (χ4n) is 1.93. The molecule has 0 unspecified atom stereocenters. The Morgan fingerprint density at radius 2 is 1.83 bits per heavy atom. The summed E-state index contributed by atoms with van der Waals surface area (Å²) in [5.74, 6) is -0.162. The molecule has 0 heterocycles. The first-order valence-corrected chi connectivity index (χ1v) is 6.65. The molecule has 98 valence electrons. The highest BCUT2D eigenvalue weighted by molar-refractivity contribution is 5.73.